The van der Waals surface area contributed by atoms with Crippen LogP contribution in [0.15, 0.2) is 28.7 Å². The number of rotatable bonds is 3. The van der Waals surface area contributed by atoms with Crippen molar-refractivity contribution in [1.29, 1.82) is 0 Å². The normalized spacial score (nSPS) is 14.8. The Hall–Kier alpha value is -0.870. The van der Waals surface area contributed by atoms with Crippen molar-refractivity contribution < 1.29 is 9.90 Å². The lowest BCUT2D eigenvalue weighted by atomic mass is 9.96. The van der Waals surface area contributed by atoms with Gasteiger partial charge in [-0.1, -0.05) is 35.0 Å². The van der Waals surface area contributed by atoms with Crippen LogP contribution in [0.1, 0.15) is 18.5 Å². The summed E-state index contributed by atoms with van der Waals surface area (Å²) in [5.41, 5.74) is 6.63. The lowest BCUT2D eigenvalue weighted by Crippen LogP contribution is -2.25. The summed E-state index contributed by atoms with van der Waals surface area (Å²) in [6.45, 7) is 1.61. The molecule has 0 aliphatic rings. The number of halogens is 1. The number of aliphatic carboxylic acids is 1. The monoisotopic (exact) mass is 257 g/mol. The van der Waals surface area contributed by atoms with Gasteiger partial charge in [0.25, 0.3) is 0 Å². The van der Waals surface area contributed by atoms with Gasteiger partial charge < -0.3 is 10.8 Å². The van der Waals surface area contributed by atoms with Crippen molar-refractivity contribution in [3.8, 4) is 0 Å². The summed E-state index contributed by atoms with van der Waals surface area (Å²) in [5, 5.41) is 8.78. The third-order valence-electron chi connectivity index (χ3n) is 2.18. The van der Waals surface area contributed by atoms with Crippen molar-refractivity contribution in [2.75, 3.05) is 0 Å². The smallest absolute Gasteiger partial charge is 0.308 e. The van der Waals surface area contributed by atoms with Gasteiger partial charge in [0.1, 0.15) is 0 Å². The molecule has 0 aliphatic carbocycles. The van der Waals surface area contributed by atoms with E-state index in [1.807, 2.05) is 24.3 Å². The molecule has 0 aliphatic heterocycles. The molecule has 0 heterocycles. The number of carbonyl (C=O) groups is 1. The minimum atomic E-state index is -0.875. The van der Waals surface area contributed by atoms with Crippen molar-refractivity contribution in [2.45, 2.75) is 13.0 Å². The summed E-state index contributed by atoms with van der Waals surface area (Å²) in [7, 11) is 0. The Morgan fingerprint density at radius 3 is 2.36 bits per heavy atom. The Bertz CT molecular complexity index is 323. The van der Waals surface area contributed by atoms with E-state index in [1.54, 1.807) is 6.92 Å². The minimum Gasteiger partial charge on any atom is -0.481 e. The topological polar surface area (TPSA) is 63.3 Å². The highest BCUT2D eigenvalue weighted by atomic mass is 79.9. The fraction of sp³-hybridized carbons (Fsp3) is 0.300. The van der Waals surface area contributed by atoms with Gasteiger partial charge in [-0.05, 0) is 17.7 Å². The average molecular weight is 258 g/mol. The molecule has 76 valence electrons. The molecule has 3 N–H and O–H groups in total. The fourth-order valence-electron chi connectivity index (χ4n) is 1.13. The van der Waals surface area contributed by atoms with Gasteiger partial charge in [0, 0.05) is 10.5 Å². The van der Waals surface area contributed by atoms with Crippen LogP contribution in [0.4, 0.5) is 0 Å². The van der Waals surface area contributed by atoms with Crippen molar-refractivity contribution in [3.63, 3.8) is 0 Å². The van der Waals surface area contributed by atoms with Crippen LogP contribution in [-0.2, 0) is 4.79 Å². The summed E-state index contributed by atoms with van der Waals surface area (Å²) in [4.78, 5) is 10.7. The second-order valence-electron chi connectivity index (χ2n) is 3.20. The van der Waals surface area contributed by atoms with Crippen molar-refractivity contribution in [3.05, 3.63) is 34.3 Å². The number of hydrogen-bond donors (Lipinski definition) is 2. The maximum Gasteiger partial charge on any atom is 0.308 e. The van der Waals surface area contributed by atoms with Gasteiger partial charge in [-0.25, -0.2) is 0 Å². The van der Waals surface area contributed by atoms with Gasteiger partial charge in [-0.3, -0.25) is 4.79 Å². The molecule has 1 aromatic rings. The molecule has 0 amide bonds. The Morgan fingerprint density at radius 2 is 1.93 bits per heavy atom. The fourth-order valence-corrected chi connectivity index (χ4v) is 1.39. The van der Waals surface area contributed by atoms with E-state index in [4.69, 9.17) is 10.8 Å². The van der Waals surface area contributed by atoms with Crippen molar-refractivity contribution in [1.82, 2.24) is 0 Å². The zero-order valence-electron chi connectivity index (χ0n) is 7.77. The van der Waals surface area contributed by atoms with Crippen LogP contribution < -0.4 is 5.73 Å². The molecule has 3 nitrogen and oxygen atoms in total. The lowest BCUT2D eigenvalue weighted by molar-refractivity contribution is -0.141. The van der Waals surface area contributed by atoms with Crippen molar-refractivity contribution in [2.24, 2.45) is 11.7 Å². The maximum absolute atomic E-state index is 10.7. The number of hydrogen-bond acceptors (Lipinski definition) is 2. The Labute approximate surface area is 91.1 Å². The third kappa shape index (κ3) is 2.56. The van der Waals surface area contributed by atoms with Crippen LogP contribution in [0.3, 0.4) is 0 Å². The van der Waals surface area contributed by atoms with Crippen LogP contribution in [-0.4, -0.2) is 11.1 Å². The van der Waals surface area contributed by atoms with E-state index >= 15 is 0 Å². The molecule has 2 atom stereocenters. The minimum absolute atomic E-state index is 0.458. The van der Waals surface area contributed by atoms with Crippen molar-refractivity contribution >= 4 is 21.9 Å². The quantitative estimate of drug-likeness (QED) is 0.873. The molecule has 0 spiro atoms. The molecule has 0 fully saturated rings. The first kappa shape index (κ1) is 11.2. The Kier molecular flexibility index (Phi) is 3.66. The second-order valence-corrected chi connectivity index (χ2v) is 4.12. The summed E-state index contributed by atoms with van der Waals surface area (Å²) in [5.74, 6) is -1.45. The number of benzene rings is 1. The van der Waals surface area contributed by atoms with Crippen LogP contribution in [0.5, 0.6) is 0 Å². The largest absolute Gasteiger partial charge is 0.481 e. The summed E-state index contributed by atoms with van der Waals surface area (Å²) >= 11 is 3.30. The first-order valence-corrected chi connectivity index (χ1v) is 5.05. The van der Waals surface area contributed by atoms with E-state index in [1.165, 1.54) is 0 Å². The van der Waals surface area contributed by atoms with Gasteiger partial charge in [-0.2, -0.15) is 0 Å². The van der Waals surface area contributed by atoms with E-state index in [0.717, 1.165) is 10.0 Å². The van der Waals surface area contributed by atoms with Gasteiger partial charge in [0.2, 0.25) is 0 Å². The van der Waals surface area contributed by atoms with Gasteiger partial charge in [0.05, 0.1) is 5.92 Å². The third-order valence-corrected chi connectivity index (χ3v) is 2.71. The zero-order chi connectivity index (χ0) is 10.7. The molecule has 0 saturated heterocycles. The lowest BCUT2D eigenvalue weighted by Gasteiger charge is -2.16. The SMILES string of the molecule is C[C@H](C(=O)O)[C@H](N)c1ccc(Br)cc1. The molecule has 0 saturated carbocycles. The highest BCUT2D eigenvalue weighted by molar-refractivity contribution is 9.10. The van der Waals surface area contributed by atoms with E-state index in [0.29, 0.717) is 0 Å². The van der Waals surface area contributed by atoms with Gasteiger partial charge >= 0.3 is 5.97 Å². The van der Waals surface area contributed by atoms with Crippen LogP contribution in [0, 0.1) is 5.92 Å². The molecular weight excluding hydrogens is 246 g/mol. The van der Waals surface area contributed by atoms with Gasteiger partial charge in [0.15, 0.2) is 0 Å². The number of carboxylic acids is 1. The Morgan fingerprint density at radius 1 is 1.43 bits per heavy atom. The molecule has 0 unspecified atom stereocenters. The van der Waals surface area contributed by atoms with Crippen LogP contribution >= 0.6 is 15.9 Å². The molecule has 1 aromatic carbocycles. The number of nitrogens with two attached hydrogens (primary N) is 1. The average Bonchev–Trinajstić information content (AvgIpc) is 2.16. The highest BCUT2D eigenvalue weighted by Crippen LogP contribution is 2.21. The first-order valence-electron chi connectivity index (χ1n) is 4.26. The van der Waals surface area contributed by atoms with E-state index in [2.05, 4.69) is 15.9 Å². The maximum atomic E-state index is 10.7. The Balaban J connectivity index is 2.84. The number of carboxylic acid groups (broad SMARTS) is 1. The van der Waals surface area contributed by atoms with Gasteiger partial charge in [-0.15, -0.1) is 0 Å². The predicted molar refractivity (Wildman–Crippen MR) is 57.9 cm³/mol. The second kappa shape index (κ2) is 4.57. The zero-order valence-corrected chi connectivity index (χ0v) is 9.36. The predicted octanol–water partition coefficient (Wildman–Crippen LogP) is 2.17. The standard InChI is InChI=1S/C10H12BrNO2/c1-6(10(13)14)9(12)7-2-4-8(11)5-3-7/h2-6,9H,12H2,1H3,(H,13,14)/t6-,9-/m0/s1. The summed E-state index contributed by atoms with van der Waals surface area (Å²) in [6, 6.07) is 6.90. The van der Waals surface area contributed by atoms with Crippen LogP contribution in [0.25, 0.3) is 0 Å². The molecule has 0 aromatic heterocycles. The van der Waals surface area contributed by atoms with E-state index in [9.17, 15) is 4.79 Å². The molecule has 0 bridgehead atoms. The van der Waals surface area contributed by atoms with E-state index in [-0.39, 0.29) is 0 Å². The summed E-state index contributed by atoms with van der Waals surface area (Å²) < 4.78 is 0.955. The highest BCUT2D eigenvalue weighted by Gasteiger charge is 2.20. The summed E-state index contributed by atoms with van der Waals surface area (Å²) in [6.07, 6.45) is 0. The molecular formula is C10H12BrNO2. The molecule has 0 radical (unpaired) electrons. The van der Waals surface area contributed by atoms with Crippen LogP contribution in [0.2, 0.25) is 0 Å². The molecule has 1 rings (SSSR count). The first-order chi connectivity index (χ1) is 6.52. The molecule has 4 heteroatoms. The molecule has 14 heavy (non-hydrogen) atoms. The van der Waals surface area contributed by atoms with E-state index < -0.39 is 17.9 Å².